The molecule has 0 spiro atoms. The van der Waals surface area contributed by atoms with Gasteiger partial charge in [0.1, 0.15) is 16.2 Å². The van der Waals surface area contributed by atoms with Crippen molar-refractivity contribution in [3.05, 3.63) is 0 Å². The van der Waals surface area contributed by atoms with E-state index < -0.39 is 16.2 Å². The van der Waals surface area contributed by atoms with Gasteiger partial charge in [-0.05, 0) is 77.0 Å². The molecule has 0 atom stereocenters. The average Bonchev–Trinajstić information content (AvgIpc) is 0.816. The van der Waals surface area contributed by atoms with E-state index in [0.29, 0.717) is 77.8 Å². The van der Waals surface area contributed by atoms with Gasteiger partial charge >= 0.3 is 0 Å². The number of nitrogens with one attached hydrogen (secondary N) is 6. The molecule has 0 bridgehead atoms. The van der Waals surface area contributed by atoms with E-state index in [4.69, 9.17) is 0 Å². The first-order valence-electron chi connectivity index (χ1n) is 69.7. The summed E-state index contributed by atoms with van der Waals surface area (Å²) in [4.78, 5) is 93.8. The van der Waals surface area contributed by atoms with Gasteiger partial charge in [0.25, 0.3) is 0 Å². The van der Waals surface area contributed by atoms with Crippen LogP contribution < -0.4 is 31.9 Å². The van der Waals surface area contributed by atoms with Crippen molar-refractivity contribution in [2.45, 2.75) is 793 Å². The van der Waals surface area contributed by atoms with Gasteiger partial charge in [0.05, 0.1) is 0 Å². The van der Waals surface area contributed by atoms with Gasteiger partial charge < -0.3 is 31.9 Å². The molecular weight excluding hydrogens is 1840 g/mol. The molecule has 150 heavy (non-hydrogen) atoms. The minimum Gasteiger partial charge on any atom is -0.355 e. The van der Waals surface area contributed by atoms with Crippen molar-refractivity contribution < 1.29 is 28.8 Å². The lowest BCUT2D eigenvalue weighted by Gasteiger charge is -2.33. The van der Waals surface area contributed by atoms with Crippen LogP contribution in [-0.4, -0.2) is 74.7 Å². The van der Waals surface area contributed by atoms with E-state index in [0.717, 1.165) is 173 Å². The number of hydrogen-bond acceptors (Lipinski definition) is 6. The maximum Gasteiger partial charge on any atom is 0.235 e. The Morgan fingerprint density at radius 3 is 0.273 bits per heavy atom. The maximum absolute atomic E-state index is 15.6. The van der Waals surface area contributed by atoms with Gasteiger partial charge in [-0.15, -0.1) is 0 Å². The summed E-state index contributed by atoms with van der Waals surface area (Å²) < 4.78 is 0. The summed E-state index contributed by atoms with van der Waals surface area (Å²) in [7, 11) is 0. The number of unbranched alkanes of at least 4 members (excludes halogenated alkanes) is 90. The van der Waals surface area contributed by atoms with Gasteiger partial charge in [-0.2, -0.15) is 0 Å². The van der Waals surface area contributed by atoms with Gasteiger partial charge in [-0.25, -0.2) is 0 Å². The normalized spacial score (nSPS) is 14.7. The Kier molecular flexibility index (Phi) is 113. The van der Waals surface area contributed by atoms with Crippen LogP contribution in [0.5, 0.6) is 0 Å². The summed E-state index contributed by atoms with van der Waals surface area (Å²) in [6.45, 7) is 17.3. The summed E-state index contributed by atoms with van der Waals surface area (Å²) in [6.07, 6.45) is 140. The molecular formula is C138H270N6O6. The molecule has 12 nitrogen and oxygen atoms in total. The maximum atomic E-state index is 15.6. The standard InChI is InChI=1S/C138H270N6O6/c1-7-13-19-25-31-37-43-49-55-61-67-73-79-85-100-112-124-139-130(145)136(131(146)140-125-113-101-86-80-74-68-62-56-50-44-38-32-26-20-14-8-2)118-106-94-91-96-108-120-137(132(147)141-126-114-102-87-81-75-69-63-57-51-45-39-33-27-21-15-9-3,133(148)142-127-115-103-88-82-76-70-64-58-52-46-40-34-28-22-16-10-4)122-110-98-93-99-111-123-138(121-109-97-92-95-107-119-136,134(149)143-128-116-104-89-83-77-71-65-59-53-47-41-35-29-23-17-11-5)135(150)144-129-117-105-90-84-78-72-66-60-54-48-42-36-30-24-18-12-6/h7-129H2,1-6H3,(H,139,145)(H,140,146)(H,141,147)(H,142,148)(H,143,149)(H,144,150). The Morgan fingerprint density at radius 2 is 0.187 bits per heavy atom. The Labute approximate surface area is 938 Å². The zero-order valence-electron chi connectivity index (χ0n) is 103. The lowest BCUT2D eigenvalue weighted by Crippen LogP contribution is -2.52. The van der Waals surface area contributed by atoms with E-state index in [2.05, 4.69) is 73.4 Å². The lowest BCUT2D eigenvalue weighted by molar-refractivity contribution is -0.146. The molecule has 0 saturated heterocycles. The molecule has 0 radical (unpaired) electrons. The molecule has 0 unspecified atom stereocenters. The Bertz CT molecular complexity index is 2320. The molecule has 0 aromatic rings. The summed E-state index contributed by atoms with van der Waals surface area (Å²) >= 11 is 0. The SMILES string of the molecule is CCCCCCCCCCCCCCCCCCNC(=O)C1(C(=O)NCCCCCCCCCCCCCCCCCC)CCCCCCCC(C(=O)NCCCCCCCCCCCCCCCCCC)(C(=O)NCCCCCCCCCCCCCCCCCC)CCCCCCCC(C(=O)NCCCCCCCCCCCCCCCCCC)(C(=O)NCCCCCCCCCCCCCCCCCC)CCCCCCC1. The van der Waals surface area contributed by atoms with Crippen LogP contribution in [-0.2, 0) is 28.8 Å². The molecule has 1 aliphatic carbocycles. The zero-order valence-corrected chi connectivity index (χ0v) is 103. The van der Waals surface area contributed by atoms with E-state index >= 15 is 28.8 Å². The minimum atomic E-state index is -1.22. The Balaban J connectivity index is 3.90. The molecule has 1 saturated carbocycles. The molecule has 1 aliphatic rings. The van der Waals surface area contributed by atoms with Crippen molar-refractivity contribution in [3.63, 3.8) is 0 Å². The van der Waals surface area contributed by atoms with Crippen LogP contribution in [0, 0.1) is 16.2 Å². The highest BCUT2D eigenvalue weighted by atomic mass is 16.2. The number of hydrogen-bond donors (Lipinski definition) is 6. The second-order valence-corrected chi connectivity index (χ2v) is 49.4. The summed E-state index contributed by atoms with van der Waals surface area (Å²) in [5.74, 6) is -0.604. The molecule has 0 aromatic carbocycles. The number of amides is 6. The topological polar surface area (TPSA) is 175 Å². The molecule has 6 amide bonds. The number of carbonyl (C=O) groups excluding carboxylic acids is 6. The van der Waals surface area contributed by atoms with E-state index in [-0.39, 0.29) is 35.4 Å². The van der Waals surface area contributed by atoms with Crippen molar-refractivity contribution in [1.82, 2.24) is 31.9 Å². The van der Waals surface area contributed by atoms with Crippen LogP contribution >= 0.6 is 0 Å². The summed E-state index contributed by atoms with van der Waals surface area (Å²) in [5.41, 5.74) is -3.65. The van der Waals surface area contributed by atoms with Gasteiger partial charge in [-0.1, -0.05) is 716 Å². The van der Waals surface area contributed by atoms with Gasteiger partial charge in [0.2, 0.25) is 35.4 Å². The molecule has 0 aliphatic heterocycles. The predicted octanol–water partition coefficient (Wildman–Crippen LogP) is 43.4. The quantitative estimate of drug-likeness (QED) is 0.0261. The molecule has 0 aromatic heterocycles. The molecule has 1 fully saturated rings. The third kappa shape index (κ3) is 89.6. The average molecular weight is 2110 g/mol. The highest BCUT2D eigenvalue weighted by Gasteiger charge is 2.47. The Morgan fingerprint density at radius 1 is 0.113 bits per heavy atom. The first-order valence-corrected chi connectivity index (χ1v) is 69.7. The van der Waals surface area contributed by atoms with E-state index in [1.807, 2.05) is 0 Å². The molecule has 6 N–H and O–H groups in total. The van der Waals surface area contributed by atoms with Gasteiger partial charge in [0.15, 0.2) is 0 Å². The third-order valence-corrected chi connectivity index (χ3v) is 35.1. The second-order valence-electron chi connectivity index (χ2n) is 49.4. The first kappa shape index (κ1) is 145. The predicted molar refractivity (Wildman–Crippen MR) is 660 cm³/mol. The van der Waals surface area contributed by atoms with Gasteiger partial charge in [-0.3, -0.25) is 28.8 Å². The van der Waals surface area contributed by atoms with Crippen LogP contribution in [0.15, 0.2) is 0 Å². The fourth-order valence-electron chi connectivity index (χ4n) is 24.5. The van der Waals surface area contributed by atoms with E-state index in [1.54, 1.807) is 0 Å². The summed E-state index contributed by atoms with van der Waals surface area (Å²) in [6, 6.07) is 0. The molecule has 1 rings (SSSR count). The van der Waals surface area contributed by atoms with Crippen LogP contribution in [0.1, 0.15) is 793 Å². The zero-order chi connectivity index (χ0) is 108. The monoisotopic (exact) mass is 2110 g/mol. The van der Waals surface area contributed by atoms with Crippen LogP contribution in [0.4, 0.5) is 0 Å². The van der Waals surface area contributed by atoms with Crippen molar-refractivity contribution in [1.29, 1.82) is 0 Å². The molecule has 888 valence electrons. The minimum absolute atomic E-state index is 0.101. The molecule has 0 heterocycles. The third-order valence-electron chi connectivity index (χ3n) is 35.1. The summed E-state index contributed by atoms with van der Waals surface area (Å²) in [5, 5.41) is 20.8. The van der Waals surface area contributed by atoms with E-state index in [1.165, 1.54) is 539 Å². The van der Waals surface area contributed by atoms with Crippen LogP contribution in [0.2, 0.25) is 0 Å². The van der Waals surface area contributed by atoms with Crippen molar-refractivity contribution >= 4 is 35.4 Å². The van der Waals surface area contributed by atoms with Gasteiger partial charge in [0, 0.05) is 39.3 Å². The first-order chi connectivity index (χ1) is 74.0. The fourth-order valence-corrected chi connectivity index (χ4v) is 24.5. The van der Waals surface area contributed by atoms with Crippen LogP contribution in [0.25, 0.3) is 0 Å². The molecule has 12 heteroatoms. The fraction of sp³-hybridized carbons (Fsp3) is 0.957. The van der Waals surface area contributed by atoms with Crippen molar-refractivity contribution in [3.8, 4) is 0 Å². The number of rotatable bonds is 108. The Hall–Kier alpha value is -3.18. The van der Waals surface area contributed by atoms with Crippen molar-refractivity contribution in [2.24, 2.45) is 16.2 Å². The smallest absolute Gasteiger partial charge is 0.235 e. The lowest BCUT2D eigenvalue weighted by atomic mass is 9.74. The highest BCUT2D eigenvalue weighted by molar-refractivity contribution is 6.06. The number of carbonyl (C=O) groups is 6. The van der Waals surface area contributed by atoms with E-state index in [9.17, 15) is 0 Å². The second kappa shape index (κ2) is 117. The largest absolute Gasteiger partial charge is 0.355 e. The van der Waals surface area contributed by atoms with Crippen LogP contribution in [0.3, 0.4) is 0 Å². The van der Waals surface area contributed by atoms with Crippen molar-refractivity contribution in [2.75, 3.05) is 39.3 Å². The highest BCUT2D eigenvalue weighted by Crippen LogP contribution is 2.39.